The van der Waals surface area contributed by atoms with E-state index < -0.39 is 0 Å². The number of alkyl halides is 1. The first-order chi connectivity index (χ1) is 9.55. The van der Waals surface area contributed by atoms with E-state index in [2.05, 4.69) is 31.9 Å². The molecule has 0 aliphatic heterocycles. The Bertz CT molecular complexity index is 597. The fourth-order valence-corrected chi connectivity index (χ4v) is 2.96. The maximum atomic E-state index is 13.5. The van der Waals surface area contributed by atoms with Crippen LogP contribution in [0.4, 0.5) is 4.39 Å². The molecule has 2 aromatic rings. The summed E-state index contributed by atoms with van der Waals surface area (Å²) in [7, 11) is 3.18. The van der Waals surface area contributed by atoms with Gasteiger partial charge in [0.25, 0.3) is 0 Å². The van der Waals surface area contributed by atoms with Crippen molar-refractivity contribution in [3.8, 4) is 11.5 Å². The first kappa shape index (κ1) is 15.3. The fraction of sp³-hybridized carbons (Fsp3) is 0.200. The van der Waals surface area contributed by atoms with E-state index in [1.807, 2.05) is 24.3 Å². The Morgan fingerprint density at radius 2 is 1.65 bits per heavy atom. The molecule has 0 fully saturated rings. The topological polar surface area (TPSA) is 18.5 Å². The van der Waals surface area contributed by atoms with Crippen LogP contribution in [0, 0.1) is 5.82 Å². The summed E-state index contributed by atoms with van der Waals surface area (Å²) >= 11 is 6.89. The van der Waals surface area contributed by atoms with E-state index in [1.54, 1.807) is 14.2 Å². The molecule has 1 unspecified atom stereocenters. The standard InChI is InChI=1S/C15H13Br2FO2/c1-19-13-4-3-9(7-14(13)20-2)15(17)10-5-11(16)8-12(18)6-10/h3-8,15H,1-2H3. The van der Waals surface area contributed by atoms with E-state index >= 15 is 0 Å². The quantitative estimate of drug-likeness (QED) is 0.662. The number of rotatable bonds is 4. The molecule has 0 radical (unpaired) electrons. The normalized spacial score (nSPS) is 12.1. The van der Waals surface area contributed by atoms with Crippen LogP contribution in [-0.4, -0.2) is 14.2 Å². The van der Waals surface area contributed by atoms with E-state index in [0.29, 0.717) is 16.0 Å². The van der Waals surface area contributed by atoms with Crippen LogP contribution in [-0.2, 0) is 0 Å². The smallest absolute Gasteiger partial charge is 0.161 e. The molecule has 0 aliphatic carbocycles. The summed E-state index contributed by atoms with van der Waals surface area (Å²) in [5, 5.41) is 0. The van der Waals surface area contributed by atoms with Gasteiger partial charge in [0, 0.05) is 4.47 Å². The van der Waals surface area contributed by atoms with Crippen molar-refractivity contribution in [2.75, 3.05) is 14.2 Å². The van der Waals surface area contributed by atoms with Crippen LogP contribution in [0.3, 0.4) is 0 Å². The monoisotopic (exact) mass is 402 g/mol. The molecule has 0 aromatic heterocycles. The van der Waals surface area contributed by atoms with Crippen LogP contribution >= 0.6 is 31.9 Å². The van der Waals surface area contributed by atoms with Gasteiger partial charge in [-0.2, -0.15) is 0 Å². The zero-order valence-corrected chi connectivity index (χ0v) is 14.2. The molecular weight excluding hydrogens is 391 g/mol. The SMILES string of the molecule is COc1ccc(C(Br)c2cc(F)cc(Br)c2)cc1OC. The third-order valence-electron chi connectivity index (χ3n) is 2.88. The third kappa shape index (κ3) is 3.33. The maximum absolute atomic E-state index is 13.5. The molecule has 0 amide bonds. The summed E-state index contributed by atoms with van der Waals surface area (Å²) in [5.74, 6) is 1.03. The lowest BCUT2D eigenvalue weighted by Gasteiger charge is -2.14. The predicted molar refractivity (Wildman–Crippen MR) is 84.4 cm³/mol. The van der Waals surface area contributed by atoms with Gasteiger partial charge in [-0.3, -0.25) is 0 Å². The van der Waals surface area contributed by atoms with Crippen LogP contribution in [0.25, 0.3) is 0 Å². The summed E-state index contributed by atoms with van der Waals surface area (Å²) < 4.78 is 24.7. The van der Waals surface area contributed by atoms with Crippen LogP contribution < -0.4 is 9.47 Å². The summed E-state index contributed by atoms with van der Waals surface area (Å²) in [6.07, 6.45) is 0. The van der Waals surface area contributed by atoms with Gasteiger partial charge in [0.1, 0.15) is 5.82 Å². The molecule has 0 N–H and O–H groups in total. The number of ether oxygens (including phenoxy) is 2. The van der Waals surface area contributed by atoms with Gasteiger partial charge in [-0.15, -0.1) is 0 Å². The van der Waals surface area contributed by atoms with Crippen molar-refractivity contribution in [2.45, 2.75) is 4.83 Å². The average Bonchev–Trinajstić information content (AvgIpc) is 2.44. The van der Waals surface area contributed by atoms with E-state index in [0.717, 1.165) is 11.1 Å². The highest BCUT2D eigenvalue weighted by atomic mass is 79.9. The Kier molecular flexibility index (Phi) is 5.05. The van der Waals surface area contributed by atoms with E-state index in [1.165, 1.54) is 12.1 Å². The van der Waals surface area contributed by atoms with Crippen molar-refractivity contribution in [3.05, 3.63) is 57.8 Å². The second-order valence-electron chi connectivity index (χ2n) is 4.18. The summed E-state index contributed by atoms with van der Waals surface area (Å²) in [4.78, 5) is -0.130. The van der Waals surface area contributed by atoms with Gasteiger partial charge in [0.05, 0.1) is 19.0 Å². The van der Waals surface area contributed by atoms with Crippen LogP contribution in [0.1, 0.15) is 16.0 Å². The predicted octanol–water partition coefficient (Wildman–Crippen LogP) is 5.09. The Morgan fingerprint density at radius 1 is 0.950 bits per heavy atom. The average molecular weight is 404 g/mol. The second kappa shape index (κ2) is 6.59. The minimum atomic E-state index is -0.278. The number of hydrogen-bond donors (Lipinski definition) is 0. The molecule has 2 aromatic carbocycles. The molecule has 0 bridgehead atoms. The van der Waals surface area contributed by atoms with Crippen LogP contribution in [0.15, 0.2) is 40.9 Å². The minimum absolute atomic E-state index is 0.130. The van der Waals surface area contributed by atoms with Gasteiger partial charge in [-0.25, -0.2) is 4.39 Å². The van der Waals surface area contributed by atoms with Gasteiger partial charge in [0.2, 0.25) is 0 Å². The van der Waals surface area contributed by atoms with Gasteiger partial charge >= 0.3 is 0 Å². The number of methoxy groups -OCH3 is 2. The van der Waals surface area contributed by atoms with Gasteiger partial charge in [-0.05, 0) is 41.5 Å². The highest BCUT2D eigenvalue weighted by Crippen LogP contribution is 2.37. The molecular formula is C15H13Br2FO2. The van der Waals surface area contributed by atoms with E-state index in [-0.39, 0.29) is 10.6 Å². The van der Waals surface area contributed by atoms with Crippen molar-refractivity contribution in [2.24, 2.45) is 0 Å². The zero-order valence-electron chi connectivity index (χ0n) is 11.0. The van der Waals surface area contributed by atoms with Crippen molar-refractivity contribution in [1.82, 2.24) is 0 Å². The van der Waals surface area contributed by atoms with Gasteiger partial charge in [0.15, 0.2) is 11.5 Å². The van der Waals surface area contributed by atoms with Crippen molar-refractivity contribution >= 4 is 31.9 Å². The lowest BCUT2D eigenvalue weighted by atomic mass is 10.0. The molecule has 0 aliphatic rings. The molecule has 0 spiro atoms. The van der Waals surface area contributed by atoms with Crippen molar-refractivity contribution in [1.29, 1.82) is 0 Å². The van der Waals surface area contributed by atoms with Crippen molar-refractivity contribution < 1.29 is 13.9 Å². The first-order valence-electron chi connectivity index (χ1n) is 5.87. The van der Waals surface area contributed by atoms with E-state index in [9.17, 15) is 4.39 Å². The summed E-state index contributed by atoms with van der Waals surface area (Å²) in [5.41, 5.74) is 1.78. The molecule has 20 heavy (non-hydrogen) atoms. The molecule has 2 nitrogen and oxygen atoms in total. The molecule has 1 atom stereocenters. The highest BCUT2D eigenvalue weighted by Gasteiger charge is 2.15. The van der Waals surface area contributed by atoms with Gasteiger partial charge in [-0.1, -0.05) is 37.9 Å². The Morgan fingerprint density at radius 3 is 2.25 bits per heavy atom. The molecule has 0 heterocycles. The molecule has 0 saturated carbocycles. The Balaban J connectivity index is 2.39. The summed E-state index contributed by atoms with van der Waals surface area (Å²) in [6, 6.07) is 10.4. The molecule has 106 valence electrons. The van der Waals surface area contributed by atoms with Crippen LogP contribution in [0.5, 0.6) is 11.5 Å². The largest absolute Gasteiger partial charge is 0.493 e. The number of halogens is 3. The minimum Gasteiger partial charge on any atom is -0.493 e. The maximum Gasteiger partial charge on any atom is 0.161 e. The lowest BCUT2D eigenvalue weighted by molar-refractivity contribution is 0.354. The lowest BCUT2D eigenvalue weighted by Crippen LogP contribution is -1.97. The van der Waals surface area contributed by atoms with Gasteiger partial charge < -0.3 is 9.47 Å². The molecule has 2 rings (SSSR count). The third-order valence-corrected chi connectivity index (χ3v) is 4.39. The van der Waals surface area contributed by atoms with E-state index in [4.69, 9.17) is 9.47 Å². The zero-order chi connectivity index (χ0) is 14.7. The fourth-order valence-electron chi connectivity index (χ4n) is 1.92. The number of hydrogen-bond acceptors (Lipinski definition) is 2. The Labute approximate surface area is 134 Å². The number of benzene rings is 2. The van der Waals surface area contributed by atoms with Crippen molar-refractivity contribution in [3.63, 3.8) is 0 Å². The first-order valence-corrected chi connectivity index (χ1v) is 7.58. The Hall–Kier alpha value is -1.07. The second-order valence-corrected chi connectivity index (χ2v) is 6.01. The highest BCUT2D eigenvalue weighted by molar-refractivity contribution is 9.10. The molecule has 0 saturated heterocycles. The molecule has 5 heteroatoms. The van der Waals surface area contributed by atoms with Crippen LogP contribution in [0.2, 0.25) is 0 Å². The summed E-state index contributed by atoms with van der Waals surface area (Å²) in [6.45, 7) is 0.